The van der Waals surface area contributed by atoms with Gasteiger partial charge in [-0.2, -0.15) is 0 Å². The number of imidazole rings is 1. The second-order valence-electron chi connectivity index (χ2n) is 7.94. The monoisotopic (exact) mass is 415 g/mol. The van der Waals surface area contributed by atoms with Gasteiger partial charge in [-0.1, -0.05) is 37.5 Å². The molecule has 1 fully saturated rings. The number of hydrogen-bond acceptors (Lipinski definition) is 4. The summed E-state index contributed by atoms with van der Waals surface area (Å²) in [5, 5.41) is 9.19. The predicted octanol–water partition coefficient (Wildman–Crippen LogP) is 4.44. The fourth-order valence-corrected chi connectivity index (χ4v) is 4.40. The molecule has 2 atom stereocenters. The largest absolute Gasteiger partial charge is 0.479 e. The topological polar surface area (TPSA) is 90.4 Å². The third-order valence-electron chi connectivity index (χ3n) is 5.91. The van der Waals surface area contributed by atoms with E-state index >= 15 is 0 Å². The van der Waals surface area contributed by atoms with Crippen LogP contribution in [-0.2, 0) is 16.1 Å². The number of carboxylic acid groups (broad SMARTS) is 1. The van der Waals surface area contributed by atoms with Gasteiger partial charge in [0, 0.05) is 12.4 Å². The highest BCUT2D eigenvalue weighted by molar-refractivity contribution is 5.72. The molecule has 1 aliphatic carbocycles. The van der Waals surface area contributed by atoms with Crippen LogP contribution < -0.4 is 5.90 Å². The predicted molar refractivity (Wildman–Crippen MR) is 112 cm³/mol. The molecule has 0 aliphatic heterocycles. The number of benzene rings is 1. The van der Waals surface area contributed by atoms with Crippen molar-refractivity contribution in [1.29, 1.82) is 0 Å². The van der Waals surface area contributed by atoms with Gasteiger partial charge < -0.3 is 9.67 Å². The quantitative estimate of drug-likeness (QED) is 0.442. The van der Waals surface area contributed by atoms with E-state index in [-0.39, 0.29) is 11.9 Å². The number of aliphatic carboxylic acids is 1. The summed E-state index contributed by atoms with van der Waals surface area (Å²) >= 11 is 0. The summed E-state index contributed by atoms with van der Waals surface area (Å²) in [5.41, 5.74) is 2.18. The first-order valence-corrected chi connectivity index (χ1v) is 10.6. The van der Waals surface area contributed by atoms with Crippen LogP contribution in [0.1, 0.15) is 56.6 Å². The van der Waals surface area contributed by atoms with Gasteiger partial charge in [-0.3, -0.25) is 4.84 Å². The first kappa shape index (κ1) is 22.2. The number of nitrogens with zero attached hydrogens (tertiary/aromatic N) is 2. The molecule has 1 saturated carbocycles. The maximum atomic E-state index is 13.8. The molecular weight excluding hydrogens is 385 g/mol. The van der Waals surface area contributed by atoms with Crippen LogP contribution in [0.4, 0.5) is 4.39 Å². The zero-order valence-electron chi connectivity index (χ0n) is 17.1. The lowest BCUT2D eigenvalue weighted by molar-refractivity contribution is -0.151. The second-order valence-corrected chi connectivity index (χ2v) is 7.94. The van der Waals surface area contributed by atoms with Gasteiger partial charge in [-0.15, -0.1) is 0 Å². The van der Waals surface area contributed by atoms with E-state index in [1.807, 2.05) is 12.3 Å². The SMILES string of the molecule is NOC(CC/C=C(\C1CCCCC1)C(Cc1cccc(F)c1)n1ccnc1)C(=O)O. The molecule has 1 aromatic carbocycles. The van der Waals surface area contributed by atoms with Crippen molar-refractivity contribution >= 4 is 5.97 Å². The van der Waals surface area contributed by atoms with E-state index in [0.717, 1.165) is 18.4 Å². The van der Waals surface area contributed by atoms with E-state index < -0.39 is 12.1 Å². The highest BCUT2D eigenvalue weighted by Crippen LogP contribution is 2.37. The zero-order valence-corrected chi connectivity index (χ0v) is 17.1. The summed E-state index contributed by atoms with van der Waals surface area (Å²) in [7, 11) is 0. The number of allylic oxidation sites excluding steroid dienone is 2. The number of rotatable bonds is 10. The first-order valence-electron chi connectivity index (χ1n) is 10.6. The first-order chi connectivity index (χ1) is 14.6. The Morgan fingerprint density at radius 3 is 2.80 bits per heavy atom. The summed E-state index contributed by atoms with van der Waals surface area (Å²) in [4.78, 5) is 20.0. The second kappa shape index (κ2) is 11.0. The summed E-state index contributed by atoms with van der Waals surface area (Å²) in [6.45, 7) is 0. The molecular formula is C23H30FN3O3. The van der Waals surface area contributed by atoms with E-state index in [1.54, 1.807) is 24.7 Å². The Labute approximate surface area is 176 Å². The van der Waals surface area contributed by atoms with Crippen molar-refractivity contribution in [3.63, 3.8) is 0 Å². The Morgan fingerprint density at radius 1 is 1.37 bits per heavy atom. The van der Waals surface area contributed by atoms with Crippen molar-refractivity contribution in [3.8, 4) is 0 Å². The molecule has 1 heterocycles. The van der Waals surface area contributed by atoms with E-state index in [1.165, 1.54) is 30.9 Å². The Kier molecular flexibility index (Phi) is 8.16. The van der Waals surface area contributed by atoms with E-state index in [9.17, 15) is 14.3 Å². The van der Waals surface area contributed by atoms with Gasteiger partial charge >= 0.3 is 5.97 Å². The van der Waals surface area contributed by atoms with Gasteiger partial charge in [0.05, 0.1) is 12.4 Å². The highest BCUT2D eigenvalue weighted by Gasteiger charge is 2.26. The molecule has 2 unspecified atom stereocenters. The minimum absolute atomic E-state index is 0.000488. The molecule has 162 valence electrons. The van der Waals surface area contributed by atoms with Gasteiger partial charge in [0.15, 0.2) is 6.10 Å². The Balaban J connectivity index is 1.89. The summed E-state index contributed by atoms with van der Waals surface area (Å²) in [6.07, 6.45) is 13.9. The maximum Gasteiger partial charge on any atom is 0.334 e. The van der Waals surface area contributed by atoms with Crippen LogP contribution in [0.5, 0.6) is 0 Å². The van der Waals surface area contributed by atoms with Gasteiger partial charge in [0.2, 0.25) is 0 Å². The zero-order chi connectivity index (χ0) is 21.3. The van der Waals surface area contributed by atoms with E-state index in [0.29, 0.717) is 25.2 Å². The third kappa shape index (κ3) is 6.00. The molecule has 0 radical (unpaired) electrons. The maximum absolute atomic E-state index is 13.8. The van der Waals surface area contributed by atoms with E-state index in [4.69, 9.17) is 5.90 Å². The number of carbonyl (C=O) groups is 1. The van der Waals surface area contributed by atoms with Crippen molar-refractivity contribution in [3.05, 3.63) is 66.0 Å². The number of aromatic nitrogens is 2. The average Bonchev–Trinajstić information content (AvgIpc) is 3.28. The molecule has 1 aromatic heterocycles. The van der Waals surface area contributed by atoms with Gasteiger partial charge in [0.25, 0.3) is 0 Å². The number of halogens is 1. The third-order valence-corrected chi connectivity index (χ3v) is 5.91. The Bertz CT molecular complexity index is 832. The molecule has 3 rings (SSSR count). The standard InChI is InChI=1S/C23H30FN3O3/c24-19-9-4-6-17(14-19)15-21(27-13-12-26-16-27)20(18-7-2-1-3-8-18)10-5-11-22(30-25)23(28)29/h4,6,9-10,12-14,16,18,21-22H,1-3,5,7-8,11,15,25H2,(H,28,29)/b20-10+. The molecule has 6 nitrogen and oxygen atoms in total. The van der Waals surface area contributed by atoms with Crippen LogP contribution >= 0.6 is 0 Å². The molecule has 1 aliphatic rings. The fraction of sp³-hybridized carbons (Fsp3) is 0.478. The Hall–Kier alpha value is -2.51. The molecule has 0 saturated heterocycles. The lowest BCUT2D eigenvalue weighted by Crippen LogP contribution is -2.27. The van der Waals surface area contributed by atoms with Crippen LogP contribution in [-0.4, -0.2) is 26.7 Å². The van der Waals surface area contributed by atoms with Crippen molar-refractivity contribution in [2.24, 2.45) is 11.8 Å². The molecule has 7 heteroatoms. The lowest BCUT2D eigenvalue weighted by atomic mass is 9.79. The Morgan fingerprint density at radius 2 is 2.17 bits per heavy atom. The summed E-state index contributed by atoms with van der Waals surface area (Å²) in [6, 6.07) is 6.70. The minimum atomic E-state index is -1.06. The molecule has 30 heavy (non-hydrogen) atoms. The van der Waals surface area contributed by atoms with Crippen LogP contribution in [0.15, 0.2) is 54.6 Å². The normalized spacial score (nSPS) is 17.6. The molecule has 0 amide bonds. The van der Waals surface area contributed by atoms with Crippen molar-refractivity contribution in [2.75, 3.05) is 0 Å². The van der Waals surface area contributed by atoms with Crippen LogP contribution in [0.25, 0.3) is 0 Å². The summed E-state index contributed by atoms with van der Waals surface area (Å²) < 4.78 is 15.9. The van der Waals surface area contributed by atoms with Crippen molar-refractivity contribution in [2.45, 2.75) is 63.5 Å². The van der Waals surface area contributed by atoms with Crippen LogP contribution in [0.2, 0.25) is 0 Å². The smallest absolute Gasteiger partial charge is 0.334 e. The van der Waals surface area contributed by atoms with Gasteiger partial charge in [-0.05, 0) is 61.3 Å². The van der Waals surface area contributed by atoms with E-state index in [2.05, 4.69) is 20.5 Å². The lowest BCUT2D eigenvalue weighted by Gasteiger charge is -2.31. The molecule has 0 bridgehead atoms. The highest BCUT2D eigenvalue weighted by atomic mass is 19.1. The average molecular weight is 416 g/mol. The molecule has 2 aromatic rings. The number of carboxylic acids is 1. The van der Waals surface area contributed by atoms with Crippen LogP contribution in [0, 0.1) is 11.7 Å². The van der Waals surface area contributed by atoms with Crippen LogP contribution in [0.3, 0.4) is 0 Å². The van der Waals surface area contributed by atoms with Crippen molar-refractivity contribution < 1.29 is 19.1 Å². The number of nitrogens with two attached hydrogens (primary N) is 1. The molecule has 0 spiro atoms. The van der Waals surface area contributed by atoms with Gasteiger partial charge in [-0.25, -0.2) is 20.1 Å². The number of hydrogen-bond donors (Lipinski definition) is 2. The summed E-state index contributed by atoms with van der Waals surface area (Å²) in [5.74, 6) is 4.25. The van der Waals surface area contributed by atoms with Gasteiger partial charge in [0.1, 0.15) is 5.82 Å². The minimum Gasteiger partial charge on any atom is -0.479 e. The molecule has 3 N–H and O–H groups in total. The fourth-order valence-electron chi connectivity index (χ4n) is 4.40. The van der Waals surface area contributed by atoms with Crippen molar-refractivity contribution in [1.82, 2.24) is 9.55 Å².